The number of phenolic OH excluding ortho intramolecular Hbond substituents is 1. The third-order valence-corrected chi connectivity index (χ3v) is 4.78. The minimum absolute atomic E-state index is 0.0262. The number of carbonyl (C=O) groups excluding carboxylic acids is 1. The molecule has 6 nitrogen and oxygen atoms in total. The number of benzene rings is 2. The summed E-state index contributed by atoms with van der Waals surface area (Å²) in [4.78, 5) is 19.2. The van der Waals surface area contributed by atoms with Gasteiger partial charge in [-0.05, 0) is 49.6 Å². The number of nitrogens with zero attached hydrogens (tertiary/aromatic N) is 3. The molecule has 2 aromatic carbocycles. The molecule has 0 bridgehead atoms. The summed E-state index contributed by atoms with van der Waals surface area (Å²) in [6.07, 6.45) is 1.91. The van der Waals surface area contributed by atoms with Crippen molar-refractivity contribution >= 4 is 5.91 Å². The van der Waals surface area contributed by atoms with Gasteiger partial charge in [0.2, 0.25) is 0 Å². The first-order valence-electron chi connectivity index (χ1n) is 8.71. The van der Waals surface area contributed by atoms with Crippen LogP contribution in [0.15, 0.2) is 48.5 Å². The third kappa shape index (κ3) is 3.06. The van der Waals surface area contributed by atoms with Crippen molar-refractivity contribution in [1.29, 1.82) is 0 Å². The molecule has 132 valence electrons. The molecule has 0 aliphatic carbocycles. The van der Waals surface area contributed by atoms with Crippen LogP contribution in [0.3, 0.4) is 0 Å². The lowest BCUT2D eigenvalue weighted by atomic mass is 10.0. The summed E-state index contributed by atoms with van der Waals surface area (Å²) in [5.41, 5.74) is 2.59. The Hall–Kier alpha value is -3.15. The quantitative estimate of drug-likeness (QED) is 0.759. The lowest BCUT2D eigenvalue weighted by molar-refractivity contribution is 0.0735. The van der Waals surface area contributed by atoms with E-state index in [2.05, 4.69) is 15.2 Å². The Bertz CT molecular complexity index is 916. The fraction of sp³-hybridized carbons (Fsp3) is 0.250. The van der Waals surface area contributed by atoms with E-state index in [0.717, 1.165) is 36.3 Å². The summed E-state index contributed by atoms with van der Waals surface area (Å²) >= 11 is 0. The molecule has 1 aliphatic heterocycles. The summed E-state index contributed by atoms with van der Waals surface area (Å²) in [5, 5.41) is 16.4. The van der Waals surface area contributed by atoms with E-state index in [1.54, 1.807) is 12.1 Å². The maximum absolute atomic E-state index is 13.0. The van der Waals surface area contributed by atoms with E-state index in [0.29, 0.717) is 11.4 Å². The van der Waals surface area contributed by atoms with Crippen LogP contribution in [0.2, 0.25) is 0 Å². The molecular weight excluding hydrogens is 328 g/mol. The molecule has 0 radical (unpaired) electrons. The molecule has 6 heteroatoms. The van der Waals surface area contributed by atoms with E-state index >= 15 is 0 Å². The summed E-state index contributed by atoms with van der Waals surface area (Å²) in [7, 11) is 0. The molecule has 0 spiro atoms. The maximum atomic E-state index is 13.0. The van der Waals surface area contributed by atoms with Crippen molar-refractivity contribution in [2.45, 2.75) is 25.8 Å². The van der Waals surface area contributed by atoms with Crippen LogP contribution in [0.25, 0.3) is 11.4 Å². The zero-order valence-corrected chi connectivity index (χ0v) is 14.5. The van der Waals surface area contributed by atoms with E-state index in [1.165, 1.54) is 0 Å². The van der Waals surface area contributed by atoms with E-state index in [-0.39, 0.29) is 17.7 Å². The number of H-pyrrole nitrogens is 1. The number of aromatic amines is 1. The number of hydrogen-bond donors (Lipinski definition) is 2. The van der Waals surface area contributed by atoms with Crippen molar-refractivity contribution in [1.82, 2.24) is 20.1 Å². The van der Waals surface area contributed by atoms with Gasteiger partial charge in [0.05, 0.1) is 6.04 Å². The normalized spacial score (nSPS) is 16.8. The first-order chi connectivity index (χ1) is 12.6. The van der Waals surface area contributed by atoms with Crippen LogP contribution in [-0.2, 0) is 0 Å². The van der Waals surface area contributed by atoms with Crippen LogP contribution < -0.4 is 0 Å². The zero-order chi connectivity index (χ0) is 18.1. The lowest BCUT2D eigenvalue weighted by Gasteiger charge is -2.25. The van der Waals surface area contributed by atoms with Crippen molar-refractivity contribution < 1.29 is 9.90 Å². The Labute approximate surface area is 151 Å². The van der Waals surface area contributed by atoms with Gasteiger partial charge in [-0.25, -0.2) is 4.98 Å². The maximum Gasteiger partial charge on any atom is 0.254 e. The molecular formula is C20H20N4O2. The molecule has 1 atom stereocenters. The van der Waals surface area contributed by atoms with E-state index in [9.17, 15) is 9.90 Å². The van der Waals surface area contributed by atoms with Crippen LogP contribution in [0.5, 0.6) is 5.75 Å². The van der Waals surface area contributed by atoms with Gasteiger partial charge in [-0.2, -0.15) is 5.10 Å². The number of aromatic nitrogens is 3. The minimum atomic E-state index is 0.0262. The van der Waals surface area contributed by atoms with E-state index in [4.69, 9.17) is 0 Å². The Morgan fingerprint density at radius 1 is 1.15 bits per heavy atom. The Morgan fingerprint density at radius 3 is 2.54 bits per heavy atom. The average Bonchev–Trinajstić information content (AvgIpc) is 3.31. The molecule has 4 rings (SSSR count). The Balaban J connectivity index is 1.55. The van der Waals surface area contributed by atoms with Crippen LogP contribution in [0, 0.1) is 6.92 Å². The van der Waals surface area contributed by atoms with Gasteiger partial charge < -0.3 is 10.0 Å². The summed E-state index contributed by atoms with van der Waals surface area (Å²) < 4.78 is 0. The van der Waals surface area contributed by atoms with Gasteiger partial charge in [-0.1, -0.05) is 24.3 Å². The van der Waals surface area contributed by atoms with Crippen LogP contribution in [0.1, 0.15) is 40.6 Å². The largest absolute Gasteiger partial charge is 0.508 e. The van der Waals surface area contributed by atoms with E-state index in [1.807, 2.05) is 48.2 Å². The highest BCUT2D eigenvalue weighted by atomic mass is 16.3. The first-order valence-corrected chi connectivity index (χ1v) is 8.71. The summed E-state index contributed by atoms with van der Waals surface area (Å²) in [5.74, 6) is 1.65. The second kappa shape index (κ2) is 6.63. The topological polar surface area (TPSA) is 82.1 Å². The monoisotopic (exact) mass is 348 g/mol. The highest BCUT2D eigenvalue weighted by molar-refractivity contribution is 5.95. The van der Waals surface area contributed by atoms with Crippen LogP contribution in [-0.4, -0.2) is 37.6 Å². The average molecular weight is 348 g/mol. The zero-order valence-electron chi connectivity index (χ0n) is 14.5. The minimum Gasteiger partial charge on any atom is -0.508 e. The number of amides is 1. The van der Waals surface area contributed by atoms with Crippen molar-refractivity contribution in [2.24, 2.45) is 0 Å². The lowest BCUT2D eigenvalue weighted by Crippen LogP contribution is -2.30. The number of carbonyl (C=O) groups is 1. The van der Waals surface area contributed by atoms with Crippen molar-refractivity contribution in [3.05, 3.63) is 65.5 Å². The number of rotatable bonds is 3. The number of likely N-dealkylation sites (tertiary alicyclic amines) is 1. The molecule has 2 N–H and O–H groups in total. The molecule has 1 aromatic heterocycles. The van der Waals surface area contributed by atoms with Gasteiger partial charge in [0.1, 0.15) is 11.6 Å². The standard InChI is InChI=1S/C20H20N4O2/c1-13-21-19(23-22-13)15-4-6-16(7-5-15)20(26)24-12-2-3-18(24)14-8-10-17(25)11-9-14/h4-11,18,25H,2-3,12H2,1H3,(H,21,22,23)/t18-/m0/s1. The second-order valence-corrected chi connectivity index (χ2v) is 6.57. The van der Waals surface area contributed by atoms with Gasteiger partial charge >= 0.3 is 0 Å². The van der Waals surface area contributed by atoms with Gasteiger partial charge in [-0.3, -0.25) is 9.89 Å². The summed E-state index contributed by atoms with van der Waals surface area (Å²) in [6, 6.07) is 14.6. The number of aryl methyl sites for hydroxylation is 1. The van der Waals surface area contributed by atoms with Crippen molar-refractivity contribution in [3.63, 3.8) is 0 Å². The predicted octanol–water partition coefficient (Wildman–Crippen LogP) is 3.46. The van der Waals surface area contributed by atoms with Crippen LogP contribution in [0.4, 0.5) is 0 Å². The predicted molar refractivity (Wildman–Crippen MR) is 97.7 cm³/mol. The SMILES string of the molecule is Cc1nc(-c2ccc(C(=O)N3CCC[C@H]3c3ccc(O)cc3)cc2)n[nH]1. The van der Waals surface area contributed by atoms with Crippen LogP contribution >= 0.6 is 0 Å². The summed E-state index contributed by atoms with van der Waals surface area (Å²) in [6.45, 7) is 2.59. The number of nitrogens with one attached hydrogen (secondary N) is 1. The number of aromatic hydroxyl groups is 1. The van der Waals surface area contributed by atoms with Crippen molar-refractivity contribution in [3.8, 4) is 17.1 Å². The Kier molecular flexibility index (Phi) is 4.16. The second-order valence-electron chi connectivity index (χ2n) is 6.57. The van der Waals surface area contributed by atoms with Gasteiger partial charge in [0, 0.05) is 17.7 Å². The highest BCUT2D eigenvalue weighted by Crippen LogP contribution is 2.34. The number of phenols is 1. The molecule has 26 heavy (non-hydrogen) atoms. The molecule has 1 aliphatic rings. The van der Waals surface area contributed by atoms with Gasteiger partial charge in [0.25, 0.3) is 5.91 Å². The van der Waals surface area contributed by atoms with Crippen molar-refractivity contribution in [2.75, 3.05) is 6.54 Å². The molecule has 3 aromatic rings. The molecule has 1 saturated heterocycles. The smallest absolute Gasteiger partial charge is 0.254 e. The van der Waals surface area contributed by atoms with E-state index < -0.39 is 0 Å². The highest BCUT2D eigenvalue weighted by Gasteiger charge is 2.30. The molecule has 0 unspecified atom stereocenters. The molecule has 1 fully saturated rings. The molecule has 1 amide bonds. The molecule has 0 saturated carbocycles. The fourth-order valence-electron chi connectivity index (χ4n) is 3.45. The first kappa shape index (κ1) is 16.3. The third-order valence-electron chi connectivity index (χ3n) is 4.78. The fourth-order valence-corrected chi connectivity index (χ4v) is 3.45. The number of hydrogen-bond acceptors (Lipinski definition) is 4. The Morgan fingerprint density at radius 2 is 1.88 bits per heavy atom. The van der Waals surface area contributed by atoms with Gasteiger partial charge in [0.15, 0.2) is 5.82 Å². The molecule has 2 heterocycles. The van der Waals surface area contributed by atoms with Gasteiger partial charge in [-0.15, -0.1) is 0 Å².